The van der Waals surface area contributed by atoms with Crippen molar-refractivity contribution >= 4 is 56.6 Å². The van der Waals surface area contributed by atoms with E-state index in [4.69, 9.17) is 16.3 Å². The van der Waals surface area contributed by atoms with E-state index in [1.807, 2.05) is 36.4 Å². The molecule has 2 bridgehead atoms. The second kappa shape index (κ2) is 10.6. The molecule has 3 N–H and O–H groups in total. The molecule has 206 valence electrons. The number of nitrogens with one attached hydrogen (secondary N) is 2. The van der Waals surface area contributed by atoms with Crippen LogP contribution in [0.1, 0.15) is 18.0 Å². The highest BCUT2D eigenvalue weighted by atomic mass is 79.9. The average molecular weight is 625 g/mol. The van der Waals surface area contributed by atoms with Crippen LogP contribution >= 0.6 is 27.5 Å². The van der Waals surface area contributed by atoms with Gasteiger partial charge in [-0.25, -0.2) is 0 Å². The third-order valence-electron chi connectivity index (χ3n) is 8.14. The summed E-state index contributed by atoms with van der Waals surface area (Å²) in [5.74, 6) is -3.02. The molecule has 3 fully saturated rings. The molecule has 3 amide bonds. The predicted octanol–water partition coefficient (Wildman–Crippen LogP) is 4.40. The first-order chi connectivity index (χ1) is 19.4. The molecule has 10 heteroatoms. The first-order valence-corrected chi connectivity index (χ1v) is 14.4. The second-order valence-electron chi connectivity index (χ2n) is 10.3. The molecule has 6 rings (SSSR count). The maximum Gasteiger partial charge on any atom is 0.250 e. The van der Waals surface area contributed by atoms with Crippen LogP contribution in [0.4, 0.5) is 11.4 Å². The van der Waals surface area contributed by atoms with Gasteiger partial charge in [0.05, 0.1) is 41.3 Å². The summed E-state index contributed by atoms with van der Waals surface area (Å²) in [7, 11) is 0. The number of fused-ring (bicyclic) bond motifs is 1. The van der Waals surface area contributed by atoms with E-state index in [-0.39, 0.29) is 10.7 Å². The van der Waals surface area contributed by atoms with Crippen LogP contribution in [-0.4, -0.2) is 56.9 Å². The minimum atomic E-state index is -1.29. The number of nitrogens with zero attached hydrogens (tertiary/aromatic N) is 1. The minimum Gasteiger partial charge on any atom is -0.394 e. The Morgan fingerprint density at radius 3 is 2.33 bits per heavy atom. The highest BCUT2D eigenvalue weighted by Gasteiger charge is 2.77. The van der Waals surface area contributed by atoms with Crippen molar-refractivity contribution in [3.8, 4) is 0 Å². The number of alkyl halides is 1. The predicted molar refractivity (Wildman–Crippen MR) is 154 cm³/mol. The van der Waals surface area contributed by atoms with E-state index in [0.717, 1.165) is 0 Å². The zero-order valence-corrected chi connectivity index (χ0v) is 23.6. The molecule has 0 aliphatic carbocycles. The van der Waals surface area contributed by atoms with Gasteiger partial charge in [0, 0.05) is 10.5 Å². The third kappa shape index (κ3) is 4.32. The van der Waals surface area contributed by atoms with Crippen LogP contribution in [0, 0.1) is 11.8 Å². The van der Waals surface area contributed by atoms with Crippen molar-refractivity contribution in [2.24, 2.45) is 11.8 Å². The van der Waals surface area contributed by atoms with Crippen molar-refractivity contribution in [3.63, 3.8) is 0 Å². The Morgan fingerprint density at radius 2 is 1.65 bits per heavy atom. The molecular weight excluding hydrogens is 598 g/mol. The van der Waals surface area contributed by atoms with Gasteiger partial charge in [0.15, 0.2) is 0 Å². The summed E-state index contributed by atoms with van der Waals surface area (Å²) in [6, 6.07) is 22.9. The van der Waals surface area contributed by atoms with Gasteiger partial charge in [-0.15, -0.1) is 0 Å². The van der Waals surface area contributed by atoms with Crippen LogP contribution in [0.15, 0.2) is 84.9 Å². The summed E-state index contributed by atoms with van der Waals surface area (Å²) >= 11 is 10.0. The molecule has 1 spiro atoms. The lowest BCUT2D eigenvalue weighted by Crippen LogP contribution is -2.55. The summed E-state index contributed by atoms with van der Waals surface area (Å²) in [6.45, 7) is -0.420. The molecule has 3 aliphatic rings. The molecule has 7 atom stereocenters. The van der Waals surface area contributed by atoms with Crippen molar-refractivity contribution in [2.75, 3.05) is 17.2 Å². The summed E-state index contributed by atoms with van der Waals surface area (Å²) in [4.78, 5) is 43.4. The normalized spacial score (nSPS) is 29.2. The fraction of sp³-hybridized carbons (Fsp3) is 0.300. The zero-order chi connectivity index (χ0) is 28.0. The van der Waals surface area contributed by atoms with Crippen LogP contribution < -0.4 is 10.6 Å². The van der Waals surface area contributed by atoms with E-state index in [2.05, 4.69) is 26.6 Å². The van der Waals surface area contributed by atoms with Crippen molar-refractivity contribution in [1.82, 2.24) is 4.90 Å². The first kappa shape index (κ1) is 27.0. The molecule has 8 nitrogen and oxygen atoms in total. The third-order valence-corrected chi connectivity index (χ3v) is 9.32. The van der Waals surface area contributed by atoms with E-state index in [1.165, 1.54) is 4.90 Å². The van der Waals surface area contributed by atoms with Gasteiger partial charge in [0.2, 0.25) is 17.7 Å². The van der Waals surface area contributed by atoms with Gasteiger partial charge in [0.25, 0.3) is 0 Å². The van der Waals surface area contributed by atoms with Crippen LogP contribution in [0.3, 0.4) is 0 Å². The quantitative estimate of drug-likeness (QED) is 0.338. The monoisotopic (exact) mass is 623 g/mol. The molecule has 3 heterocycles. The van der Waals surface area contributed by atoms with E-state index in [9.17, 15) is 19.5 Å². The Bertz CT molecular complexity index is 1440. The van der Waals surface area contributed by atoms with Gasteiger partial charge in [0.1, 0.15) is 11.6 Å². The number of hydrogen-bond acceptors (Lipinski definition) is 5. The molecule has 0 radical (unpaired) electrons. The van der Waals surface area contributed by atoms with E-state index in [1.54, 1.807) is 48.5 Å². The molecule has 3 saturated heterocycles. The number of aliphatic hydroxyl groups is 1. The largest absolute Gasteiger partial charge is 0.394 e. The Hall–Kier alpha value is -3.24. The number of para-hydroxylation sites is 2. The number of halogens is 2. The summed E-state index contributed by atoms with van der Waals surface area (Å²) in [5, 5.41) is 16.7. The number of amides is 3. The zero-order valence-electron chi connectivity index (χ0n) is 21.2. The second-order valence-corrected chi connectivity index (χ2v) is 11.9. The Kier molecular flexibility index (Phi) is 7.16. The number of rotatable bonds is 7. The van der Waals surface area contributed by atoms with Gasteiger partial charge in [-0.2, -0.15) is 0 Å². The number of likely N-dealkylation sites (tertiary alicyclic amines) is 1. The Morgan fingerprint density at radius 1 is 1.00 bits per heavy atom. The molecule has 0 saturated carbocycles. The van der Waals surface area contributed by atoms with Gasteiger partial charge in [-0.3, -0.25) is 14.4 Å². The average Bonchev–Trinajstić information content (AvgIpc) is 3.55. The van der Waals surface area contributed by atoms with Crippen molar-refractivity contribution in [3.05, 3.63) is 95.5 Å². The molecular formula is C30H27BrClN3O5. The van der Waals surface area contributed by atoms with Crippen LogP contribution in [0.2, 0.25) is 5.02 Å². The van der Waals surface area contributed by atoms with E-state index < -0.39 is 54.0 Å². The lowest BCUT2D eigenvalue weighted by atomic mass is 9.70. The molecule has 3 aromatic carbocycles. The summed E-state index contributed by atoms with van der Waals surface area (Å²) < 4.78 is 6.55. The molecule has 0 aromatic heterocycles. The van der Waals surface area contributed by atoms with Gasteiger partial charge in [-0.1, -0.05) is 88.2 Å². The van der Waals surface area contributed by atoms with Gasteiger partial charge >= 0.3 is 0 Å². The fourth-order valence-corrected chi connectivity index (χ4v) is 7.67. The first-order valence-electron chi connectivity index (χ1n) is 13.1. The Labute approximate surface area is 244 Å². The van der Waals surface area contributed by atoms with Crippen molar-refractivity contribution in [1.29, 1.82) is 0 Å². The standard InChI is InChI=1S/C30H27BrClN3O5/c31-19-15-30-24(23(25(19)40-30)27(37)33-18-11-5-2-6-12-18)29(39)35(22(16-36)17-9-3-1-4-10-17)26(30)28(38)34-21-14-8-7-13-20(21)32/h1-14,19,22-26,36H,15-16H2,(H,33,37)(H,34,38)/t19?,22-,23-,24+,25-,26?,30?/m1/s1. The van der Waals surface area contributed by atoms with Crippen molar-refractivity contribution < 1.29 is 24.2 Å². The number of benzene rings is 3. The number of ether oxygens (including phenoxy) is 1. The molecule has 3 unspecified atom stereocenters. The SMILES string of the molecule is O=C(Nc1ccccc1Cl)C1N([C@H](CO)c2ccccc2)C(=O)[C@@H]2[C@@H](C(=O)Nc3ccccc3)[C@@H]3OC12CC3Br. The lowest BCUT2D eigenvalue weighted by molar-refractivity contribution is -0.143. The molecule has 3 aromatic rings. The molecule has 3 aliphatic heterocycles. The van der Waals surface area contributed by atoms with Crippen LogP contribution in [0.5, 0.6) is 0 Å². The number of aliphatic hydroxyl groups excluding tert-OH is 1. The smallest absolute Gasteiger partial charge is 0.250 e. The molecule has 40 heavy (non-hydrogen) atoms. The highest BCUT2D eigenvalue weighted by Crippen LogP contribution is 2.61. The minimum absolute atomic E-state index is 0.261. The summed E-state index contributed by atoms with van der Waals surface area (Å²) in [5.41, 5.74) is 0.370. The van der Waals surface area contributed by atoms with E-state index in [0.29, 0.717) is 28.4 Å². The maximum atomic E-state index is 14.4. The van der Waals surface area contributed by atoms with Crippen molar-refractivity contribution in [2.45, 2.75) is 35.0 Å². The number of hydrogen-bond donors (Lipinski definition) is 3. The fourth-order valence-electron chi connectivity index (χ4n) is 6.54. The maximum absolute atomic E-state index is 14.4. The Balaban J connectivity index is 1.43. The number of carbonyl (C=O) groups is 3. The van der Waals surface area contributed by atoms with Gasteiger partial charge < -0.3 is 25.4 Å². The lowest BCUT2D eigenvalue weighted by Gasteiger charge is -2.37. The van der Waals surface area contributed by atoms with E-state index >= 15 is 0 Å². The summed E-state index contributed by atoms with van der Waals surface area (Å²) in [6.07, 6.45) is -0.271. The van der Waals surface area contributed by atoms with Crippen LogP contribution in [-0.2, 0) is 19.1 Å². The number of anilines is 2. The van der Waals surface area contributed by atoms with Gasteiger partial charge in [-0.05, 0) is 36.2 Å². The highest BCUT2D eigenvalue weighted by molar-refractivity contribution is 9.09. The number of carbonyl (C=O) groups excluding carboxylic acids is 3. The topological polar surface area (TPSA) is 108 Å². The van der Waals surface area contributed by atoms with Crippen LogP contribution in [0.25, 0.3) is 0 Å².